The Morgan fingerprint density at radius 1 is 1.19 bits per heavy atom. The maximum Gasteiger partial charge on any atom is 0.349 e. The molecule has 0 fully saturated rings. The molecule has 5 heteroatoms. The van der Waals surface area contributed by atoms with Crippen LogP contribution < -0.4 is 9.47 Å². The second-order valence-corrected chi connectivity index (χ2v) is 5.57. The Hall–Kier alpha value is -2.01. The first-order valence-corrected chi connectivity index (χ1v) is 7.69. The van der Waals surface area contributed by atoms with Gasteiger partial charge in [0, 0.05) is 11.3 Å². The molecule has 0 saturated carbocycles. The predicted octanol–water partition coefficient (Wildman–Crippen LogP) is 3.86. The molecule has 1 aromatic carbocycles. The lowest BCUT2D eigenvalue weighted by Crippen LogP contribution is -2.06. The van der Waals surface area contributed by atoms with Gasteiger partial charge in [-0.25, -0.2) is 4.79 Å². The number of benzene rings is 1. The zero-order chi connectivity index (χ0) is 15.1. The number of aromatic carboxylic acids is 1. The van der Waals surface area contributed by atoms with E-state index in [0.717, 1.165) is 17.0 Å². The number of aryl methyl sites for hydroxylation is 1. The number of rotatable bonds is 8. The van der Waals surface area contributed by atoms with Crippen molar-refractivity contribution in [2.24, 2.45) is 0 Å². The van der Waals surface area contributed by atoms with Crippen molar-refractivity contribution in [3.8, 4) is 11.5 Å². The van der Waals surface area contributed by atoms with Gasteiger partial charge >= 0.3 is 5.97 Å². The van der Waals surface area contributed by atoms with Gasteiger partial charge < -0.3 is 14.6 Å². The van der Waals surface area contributed by atoms with E-state index in [2.05, 4.69) is 0 Å². The lowest BCUT2D eigenvalue weighted by molar-refractivity contribution is 0.0698. The monoisotopic (exact) mass is 306 g/mol. The van der Waals surface area contributed by atoms with Crippen molar-refractivity contribution in [3.63, 3.8) is 0 Å². The molecule has 0 bridgehead atoms. The number of carboxylic acids is 1. The molecular weight excluding hydrogens is 288 g/mol. The number of para-hydroxylation sites is 1. The zero-order valence-corrected chi connectivity index (χ0v) is 12.7. The van der Waals surface area contributed by atoms with E-state index in [9.17, 15) is 4.79 Å². The minimum atomic E-state index is -0.935. The summed E-state index contributed by atoms with van der Waals surface area (Å²) in [6.07, 6.45) is 1.51. The molecule has 0 aliphatic rings. The third-order valence-corrected chi connectivity index (χ3v) is 4.10. The van der Waals surface area contributed by atoms with Crippen LogP contribution in [-0.4, -0.2) is 24.3 Å². The quantitative estimate of drug-likeness (QED) is 0.752. The topological polar surface area (TPSA) is 55.8 Å². The Balaban J connectivity index is 1.78. The van der Waals surface area contributed by atoms with Gasteiger partial charge in [0.2, 0.25) is 0 Å². The van der Waals surface area contributed by atoms with E-state index in [-0.39, 0.29) is 4.88 Å². The fourth-order valence-electron chi connectivity index (χ4n) is 1.80. The minimum Gasteiger partial charge on any atom is -0.493 e. The molecule has 4 nitrogen and oxygen atoms in total. The van der Waals surface area contributed by atoms with E-state index in [1.165, 1.54) is 11.3 Å². The molecule has 21 heavy (non-hydrogen) atoms. The smallest absolute Gasteiger partial charge is 0.349 e. The summed E-state index contributed by atoms with van der Waals surface area (Å²) in [7, 11) is 0. The van der Waals surface area contributed by atoms with Crippen LogP contribution in [0.5, 0.6) is 11.5 Å². The molecule has 1 N–H and O–H groups in total. The SMILES string of the molecule is CCc1cc(OCCCOc2ccccc2)c(C(=O)O)s1. The van der Waals surface area contributed by atoms with E-state index in [0.29, 0.717) is 25.4 Å². The van der Waals surface area contributed by atoms with Crippen LogP contribution in [0.4, 0.5) is 0 Å². The van der Waals surface area contributed by atoms with Crippen molar-refractivity contribution in [3.05, 3.63) is 46.2 Å². The van der Waals surface area contributed by atoms with Crippen LogP contribution in [-0.2, 0) is 6.42 Å². The van der Waals surface area contributed by atoms with E-state index < -0.39 is 5.97 Å². The molecule has 0 atom stereocenters. The number of ether oxygens (including phenoxy) is 2. The number of thiophene rings is 1. The lowest BCUT2D eigenvalue weighted by atomic mass is 10.3. The number of carbonyl (C=O) groups is 1. The van der Waals surface area contributed by atoms with Crippen LogP contribution in [0.3, 0.4) is 0 Å². The molecule has 0 spiro atoms. The van der Waals surface area contributed by atoms with Gasteiger partial charge in [-0.15, -0.1) is 11.3 Å². The molecular formula is C16H18O4S. The van der Waals surface area contributed by atoms with Crippen LogP contribution >= 0.6 is 11.3 Å². The summed E-state index contributed by atoms with van der Waals surface area (Å²) in [6, 6.07) is 11.4. The normalized spacial score (nSPS) is 10.3. The summed E-state index contributed by atoms with van der Waals surface area (Å²) >= 11 is 1.27. The third-order valence-electron chi connectivity index (χ3n) is 2.85. The number of hydrogen-bond donors (Lipinski definition) is 1. The molecule has 0 aliphatic heterocycles. The first-order valence-electron chi connectivity index (χ1n) is 6.87. The summed E-state index contributed by atoms with van der Waals surface area (Å²) in [6.45, 7) is 2.97. The molecule has 0 saturated heterocycles. The highest BCUT2D eigenvalue weighted by Gasteiger charge is 2.15. The summed E-state index contributed by atoms with van der Waals surface area (Å²) in [5, 5.41) is 9.13. The maximum atomic E-state index is 11.1. The second kappa shape index (κ2) is 7.69. The third kappa shape index (κ3) is 4.49. The van der Waals surface area contributed by atoms with Gasteiger partial charge in [0.15, 0.2) is 4.88 Å². The summed E-state index contributed by atoms with van der Waals surface area (Å²) in [5.74, 6) is 0.354. The molecule has 2 rings (SSSR count). The standard InChI is InChI=1S/C16H18O4S/c1-2-13-11-14(15(21-13)16(17)18)20-10-6-9-19-12-7-4-3-5-8-12/h3-5,7-8,11H,2,6,9-10H2,1H3,(H,17,18). The Morgan fingerprint density at radius 3 is 2.57 bits per heavy atom. The fourth-order valence-corrected chi connectivity index (χ4v) is 2.68. The molecule has 112 valence electrons. The van der Waals surface area contributed by atoms with Crippen LogP contribution in [0.2, 0.25) is 0 Å². The van der Waals surface area contributed by atoms with Crippen molar-refractivity contribution in [2.75, 3.05) is 13.2 Å². The molecule has 1 aromatic heterocycles. The van der Waals surface area contributed by atoms with Crippen LogP contribution in [0.1, 0.15) is 27.9 Å². The van der Waals surface area contributed by atoms with Gasteiger partial charge in [-0.1, -0.05) is 25.1 Å². The number of hydrogen-bond acceptors (Lipinski definition) is 4. The highest BCUT2D eigenvalue weighted by atomic mass is 32.1. The van der Waals surface area contributed by atoms with Gasteiger partial charge in [0.1, 0.15) is 11.5 Å². The molecule has 0 aliphatic carbocycles. The van der Waals surface area contributed by atoms with E-state index in [4.69, 9.17) is 14.6 Å². The Kier molecular flexibility index (Phi) is 5.63. The maximum absolute atomic E-state index is 11.1. The highest BCUT2D eigenvalue weighted by molar-refractivity contribution is 7.14. The van der Waals surface area contributed by atoms with E-state index in [1.54, 1.807) is 0 Å². The van der Waals surface area contributed by atoms with E-state index in [1.807, 2.05) is 43.3 Å². The predicted molar refractivity (Wildman–Crippen MR) is 82.7 cm³/mol. The van der Waals surface area contributed by atoms with Gasteiger partial charge in [-0.3, -0.25) is 0 Å². The number of carboxylic acid groups (broad SMARTS) is 1. The van der Waals surface area contributed by atoms with Gasteiger partial charge in [-0.05, 0) is 24.6 Å². The highest BCUT2D eigenvalue weighted by Crippen LogP contribution is 2.29. The summed E-state index contributed by atoms with van der Waals surface area (Å²) in [5.41, 5.74) is 0. The molecule has 2 aromatic rings. The van der Waals surface area contributed by atoms with Crippen molar-refractivity contribution in [2.45, 2.75) is 19.8 Å². The Morgan fingerprint density at radius 2 is 1.90 bits per heavy atom. The summed E-state index contributed by atoms with van der Waals surface area (Å²) < 4.78 is 11.1. The van der Waals surface area contributed by atoms with Crippen molar-refractivity contribution < 1.29 is 19.4 Å². The zero-order valence-electron chi connectivity index (χ0n) is 11.9. The van der Waals surface area contributed by atoms with E-state index >= 15 is 0 Å². The average Bonchev–Trinajstić information content (AvgIpc) is 2.91. The fraction of sp³-hybridized carbons (Fsp3) is 0.312. The molecule has 0 amide bonds. The summed E-state index contributed by atoms with van der Waals surface area (Å²) in [4.78, 5) is 12.4. The van der Waals surface area contributed by atoms with Gasteiger partial charge in [0.25, 0.3) is 0 Å². The Bertz CT molecular complexity index is 577. The molecule has 1 heterocycles. The first kappa shape index (κ1) is 15.4. The second-order valence-electron chi connectivity index (χ2n) is 4.43. The van der Waals surface area contributed by atoms with Crippen molar-refractivity contribution in [1.29, 1.82) is 0 Å². The molecule has 0 radical (unpaired) electrons. The molecule has 0 unspecified atom stereocenters. The van der Waals surface area contributed by atoms with Crippen LogP contribution in [0.15, 0.2) is 36.4 Å². The van der Waals surface area contributed by atoms with Crippen LogP contribution in [0.25, 0.3) is 0 Å². The lowest BCUT2D eigenvalue weighted by Gasteiger charge is -2.07. The van der Waals surface area contributed by atoms with Crippen LogP contribution in [0, 0.1) is 0 Å². The minimum absolute atomic E-state index is 0.274. The Labute approximate surface area is 128 Å². The van der Waals surface area contributed by atoms with Crippen molar-refractivity contribution >= 4 is 17.3 Å². The van der Waals surface area contributed by atoms with Gasteiger partial charge in [0.05, 0.1) is 13.2 Å². The first-order chi connectivity index (χ1) is 10.2. The average molecular weight is 306 g/mol. The largest absolute Gasteiger partial charge is 0.493 e. The van der Waals surface area contributed by atoms with Crippen molar-refractivity contribution in [1.82, 2.24) is 0 Å². The van der Waals surface area contributed by atoms with Gasteiger partial charge in [-0.2, -0.15) is 0 Å².